The maximum Gasteiger partial charge on any atom is 0.273 e. The minimum atomic E-state index is -0.311. The van der Waals surface area contributed by atoms with Gasteiger partial charge < -0.3 is 10.2 Å². The number of hydrogen-bond donors (Lipinski definition) is 1. The lowest BCUT2D eigenvalue weighted by Crippen LogP contribution is -2.42. The highest BCUT2D eigenvalue weighted by Gasteiger charge is 2.28. The molecule has 1 amide bonds. The summed E-state index contributed by atoms with van der Waals surface area (Å²) >= 11 is 1.42. The zero-order chi connectivity index (χ0) is 19.5. The van der Waals surface area contributed by atoms with Gasteiger partial charge in [-0.25, -0.2) is 14.1 Å². The fourth-order valence-electron chi connectivity index (χ4n) is 3.44. The van der Waals surface area contributed by atoms with E-state index in [0.29, 0.717) is 11.4 Å². The number of halogens is 1. The molecule has 0 aliphatic carbocycles. The smallest absolute Gasteiger partial charge is 0.273 e. The van der Waals surface area contributed by atoms with Gasteiger partial charge in [-0.05, 0) is 37.6 Å². The van der Waals surface area contributed by atoms with Crippen LogP contribution in [0, 0.1) is 5.82 Å². The first kappa shape index (κ1) is 18.8. The molecule has 1 saturated heterocycles. The van der Waals surface area contributed by atoms with Crippen LogP contribution in [0.5, 0.6) is 0 Å². The highest BCUT2D eigenvalue weighted by atomic mass is 32.1. The number of hydrogen-bond acceptors (Lipinski definition) is 5. The van der Waals surface area contributed by atoms with E-state index in [-0.39, 0.29) is 17.8 Å². The molecule has 0 unspecified atom stereocenters. The molecular weight excluding hydrogens is 377 g/mol. The molecule has 1 atom stereocenters. The van der Waals surface area contributed by atoms with Crippen molar-refractivity contribution in [3.05, 3.63) is 53.6 Å². The number of benzene rings is 1. The van der Waals surface area contributed by atoms with Crippen LogP contribution in [-0.2, 0) is 0 Å². The van der Waals surface area contributed by atoms with Gasteiger partial charge in [0.05, 0.1) is 11.9 Å². The van der Waals surface area contributed by atoms with Crippen LogP contribution in [-0.4, -0.2) is 51.2 Å². The van der Waals surface area contributed by atoms with Crippen LogP contribution in [0.4, 0.5) is 4.39 Å². The van der Waals surface area contributed by atoms with Crippen molar-refractivity contribution in [3.63, 3.8) is 0 Å². The summed E-state index contributed by atoms with van der Waals surface area (Å²) in [7, 11) is 0. The molecule has 8 heteroatoms. The number of amides is 1. The average molecular weight is 399 g/mol. The summed E-state index contributed by atoms with van der Waals surface area (Å²) < 4.78 is 15.0. The Morgan fingerprint density at radius 2 is 2.36 bits per heavy atom. The van der Waals surface area contributed by atoms with E-state index in [1.807, 2.05) is 10.3 Å². The van der Waals surface area contributed by atoms with Crippen LogP contribution in [0.25, 0.3) is 16.3 Å². The lowest BCUT2D eigenvalue weighted by Gasteiger charge is -2.27. The quantitative estimate of drug-likeness (QED) is 0.691. The Labute approximate surface area is 167 Å². The summed E-state index contributed by atoms with van der Waals surface area (Å²) in [5.41, 5.74) is 1.92. The van der Waals surface area contributed by atoms with Gasteiger partial charge in [0.2, 0.25) is 0 Å². The third-order valence-electron chi connectivity index (χ3n) is 4.83. The third-order valence-corrected chi connectivity index (χ3v) is 5.72. The maximum absolute atomic E-state index is 13.4. The van der Waals surface area contributed by atoms with Gasteiger partial charge in [0, 0.05) is 36.3 Å². The van der Waals surface area contributed by atoms with E-state index in [4.69, 9.17) is 0 Å². The number of thiazole rings is 1. The fraction of sp³-hybridized carbons (Fsp3) is 0.350. The SMILES string of the molecule is CCCN(C(=O)c1csc(-c2cnn(-c3cccc(F)c3)c2)n1)[C@@H]1CCNC1. The van der Waals surface area contributed by atoms with E-state index in [0.717, 1.165) is 43.0 Å². The lowest BCUT2D eigenvalue weighted by atomic mass is 10.2. The minimum absolute atomic E-state index is 0.0180. The molecule has 1 aliphatic rings. The van der Waals surface area contributed by atoms with Crippen LogP contribution in [0.1, 0.15) is 30.3 Å². The largest absolute Gasteiger partial charge is 0.333 e. The summed E-state index contributed by atoms with van der Waals surface area (Å²) in [5.74, 6) is -0.329. The van der Waals surface area contributed by atoms with Crippen LogP contribution < -0.4 is 5.32 Å². The maximum atomic E-state index is 13.4. The summed E-state index contributed by atoms with van der Waals surface area (Å²) in [6, 6.07) is 6.48. The van der Waals surface area contributed by atoms with Gasteiger partial charge >= 0.3 is 0 Å². The Kier molecular flexibility index (Phi) is 5.50. The molecule has 146 valence electrons. The van der Waals surface area contributed by atoms with Gasteiger partial charge in [-0.3, -0.25) is 4.79 Å². The first-order chi connectivity index (χ1) is 13.7. The van der Waals surface area contributed by atoms with Crippen LogP contribution in [0.2, 0.25) is 0 Å². The molecule has 0 bridgehead atoms. The highest BCUT2D eigenvalue weighted by Crippen LogP contribution is 2.25. The molecule has 1 aliphatic heterocycles. The van der Waals surface area contributed by atoms with Crippen molar-refractivity contribution in [2.45, 2.75) is 25.8 Å². The van der Waals surface area contributed by atoms with Crippen molar-refractivity contribution >= 4 is 17.2 Å². The summed E-state index contributed by atoms with van der Waals surface area (Å²) in [6.45, 7) is 4.59. The monoisotopic (exact) mass is 399 g/mol. The van der Waals surface area contributed by atoms with E-state index in [2.05, 4.69) is 22.3 Å². The minimum Gasteiger partial charge on any atom is -0.333 e. The van der Waals surface area contributed by atoms with E-state index < -0.39 is 0 Å². The zero-order valence-corrected chi connectivity index (χ0v) is 16.5. The van der Waals surface area contributed by atoms with Gasteiger partial charge in [0.25, 0.3) is 5.91 Å². The zero-order valence-electron chi connectivity index (χ0n) is 15.6. The Hall–Kier alpha value is -2.58. The van der Waals surface area contributed by atoms with E-state index >= 15 is 0 Å². The van der Waals surface area contributed by atoms with Crippen molar-refractivity contribution in [2.24, 2.45) is 0 Å². The van der Waals surface area contributed by atoms with Crippen LogP contribution in [0.15, 0.2) is 42.0 Å². The Morgan fingerprint density at radius 1 is 1.46 bits per heavy atom. The van der Waals surface area contributed by atoms with Gasteiger partial charge in [0.15, 0.2) is 0 Å². The van der Waals surface area contributed by atoms with Gasteiger partial charge in [0.1, 0.15) is 16.5 Å². The molecule has 2 aromatic heterocycles. The van der Waals surface area contributed by atoms with Gasteiger partial charge in [-0.2, -0.15) is 5.10 Å². The number of aromatic nitrogens is 3. The van der Waals surface area contributed by atoms with Crippen molar-refractivity contribution in [2.75, 3.05) is 19.6 Å². The first-order valence-corrected chi connectivity index (χ1v) is 10.3. The second kappa shape index (κ2) is 8.20. The number of carbonyl (C=O) groups is 1. The number of nitrogens with zero attached hydrogens (tertiary/aromatic N) is 4. The van der Waals surface area contributed by atoms with Gasteiger partial charge in [-0.15, -0.1) is 11.3 Å². The fourth-order valence-corrected chi connectivity index (χ4v) is 4.21. The molecule has 1 fully saturated rings. The average Bonchev–Trinajstić information content (AvgIpc) is 3.46. The van der Waals surface area contributed by atoms with Gasteiger partial charge in [-0.1, -0.05) is 13.0 Å². The van der Waals surface area contributed by atoms with E-state index in [9.17, 15) is 9.18 Å². The number of rotatable bonds is 6. The molecule has 0 saturated carbocycles. The third kappa shape index (κ3) is 3.83. The van der Waals surface area contributed by atoms with Crippen LogP contribution in [0.3, 0.4) is 0 Å². The molecule has 3 heterocycles. The van der Waals surface area contributed by atoms with Crippen molar-refractivity contribution in [3.8, 4) is 16.3 Å². The molecule has 3 aromatic rings. The topological polar surface area (TPSA) is 63.1 Å². The molecular formula is C20H22FN5OS. The molecule has 28 heavy (non-hydrogen) atoms. The Bertz CT molecular complexity index is 963. The van der Waals surface area contributed by atoms with Crippen LogP contribution >= 0.6 is 11.3 Å². The first-order valence-electron chi connectivity index (χ1n) is 9.44. The predicted molar refractivity (Wildman–Crippen MR) is 107 cm³/mol. The van der Waals surface area contributed by atoms with Crippen molar-refractivity contribution < 1.29 is 9.18 Å². The molecule has 0 spiro atoms. The molecule has 1 aromatic carbocycles. The number of nitrogens with one attached hydrogen (secondary N) is 1. The standard InChI is InChI=1S/C20H22FN5OS/c1-2-8-25(17-6-7-22-11-17)20(27)18-13-28-19(24-18)14-10-23-26(12-14)16-5-3-4-15(21)9-16/h3-5,9-10,12-13,17,22H,2,6-8,11H2,1H3/t17-/m1/s1. The Morgan fingerprint density at radius 3 is 3.11 bits per heavy atom. The molecule has 6 nitrogen and oxygen atoms in total. The van der Waals surface area contributed by atoms with E-state index in [1.54, 1.807) is 29.2 Å². The normalized spacial score (nSPS) is 16.4. The summed E-state index contributed by atoms with van der Waals surface area (Å²) in [5, 5.41) is 10.2. The Balaban J connectivity index is 1.55. The molecule has 1 N–H and O–H groups in total. The number of carbonyl (C=O) groups excluding carboxylic acids is 1. The second-order valence-corrected chi connectivity index (χ2v) is 7.69. The molecule has 0 radical (unpaired) electrons. The van der Waals surface area contributed by atoms with Crippen molar-refractivity contribution in [1.29, 1.82) is 0 Å². The summed E-state index contributed by atoms with van der Waals surface area (Å²) in [6.07, 6.45) is 5.37. The molecule has 4 rings (SSSR count). The second-order valence-electron chi connectivity index (χ2n) is 6.84. The van der Waals surface area contributed by atoms with E-state index in [1.165, 1.54) is 23.5 Å². The van der Waals surface area contributed by atoms with Crippen molar-refractivity contribution in [1.82, 2.24) is 25.0 Å². The summed E-state index contributed by atoms with van der Waals surface area (Å²) in [4.78, 5) is 19.5. The highest BCUT2D eigenvalue weighted by molar-refractivity contribution is 7.13. The predicted octanol–water partition coefficient (Wildman–Crippen LogP) is 3.35. The lowest BCUT2D eigenvalue weighted by molar-refractivity contribution is 0.0687.